The number of amides is 1. The maximum absolute atomic E-state index is 12.6. The molecule has 3 aromatic heterocycles. The van der Waals surface area contributed by atoms with Crippen molar-refractivity contribution in [3.05, 3.63) is 101 Å². The Labute approximate surface area is 213 Å². The van der Waals surface area contributed by atoms with Gasteiger partial charge in [-0.25, -0.2) is 0 Å². The van der Waals surface area contributed by atoms with Crippen LogP contribution in [0.25, 0.3) is 21.1 Å². The van der Waals surface area contributed by atoms with Crippen molar-refractivity contribution in [3.63, 3.8) is 0 Å². The number of carbonyl (C=O) groups excluding carboxylic acids is 1. The number of nitrogens with one attached hydrogen (secondary N) is 1. The number of thiophene rings is 1. The fraction of sp³-hybridized carbons (Fsp3) is 0.241. The summed E-state index contributed by atoms with van der Waals surface area (Å²) in [6.07, 6.45) is 3.03. The first-order chi connectivity index (χ1) is 17.6. The molecule has 0 saturated carbocycles. The van der Waals surface area contributed by atoms with Gasteiger partial charge in [0.25, 0.3) is 5.91 Å². The summed E-state index contributed by atoms with van der Waals surface area (Å²) in [7, 11) is 0. The second kappa shape index (κ2) is 9.50. The maximum atomic E-state index is 12.6. The topological polar surface area (TPSA) is 78.6 Å². The summed E-state index contributed by atoms with van der Waals surface area (Å²) in [4.78, 5) is 20.6. The van der Waals surface area contributed by atoms with Crippen LogP contribution in [0.4, 0.5) is 0 Å². The molecule has 0 unspecified atom stereocenters. The van der Waals surface area contributed by atoms with Crippen molar-refractivity contribution < 1.29 is 14.3 Å². The molecule has 0 aliphatic carbocycles. The number of piperidine rings is 1. The summed E-state index contributed by atoms with van der Waals surface area (Å²) >= 11 is 1.84. The fourth-order valence-electron chi connectivity index (χ4n) is 4.91. The van der Waals surface area contributed by atoms with E-state index in [4.69, 9.17) is 4.42 Å². The van der Waals surface area contributed by atoms with Crippen molar-refractivity contribution >= 4 is 38.3 Å². The Balaban J connectivity index is 1.11. The van der Waals surface area contributed by atoms with Gasteiger partial charge in [-0.05, 0) is 66.3 Å². The lowest BCUT2D eigenvalue weighted by Crippen LogP contribution is -2.42. The Morgan fingerprint density at radius 2 is 1.86 bits per heavy atom. The minimum absolute atomic E-state index is 0.253. The van der Waals surface area contributed by atoms with E-state index >= 15 is 0 Å². The molecular weight excluding hydrogens is 470 g/mol. The number of hydrogen-bond donors (Lipinski definition) is 2. The number of carbonyl (C=O) groups is 1. The van der Waals surface area contributed by atoms with Crippen LogP contribution in [0.3, 0.4) is 0 Å². The third-order valence-corrected chi connectivity index (χ3v) is 8.07. The van der Waals surface area contributed by atoms with Crippen molar-refractivity contribution in [2.45, 2.75) is 31.5 Å². The Bertz CT molecular complexity index is 1480. The number of fused-ring (bicyclic) bond motifs is 2. The lowest BCUT2D eigenvalue weighted by atomic mass is 9.84. The van der Waals surface area contributed by atoms with E-state index in [-0.39, 0.29) is 11.7 Å². The van der Waals surface area contributed by atoms with Gasteiger partial charge in [0.2, 0.25) is 0 Å². The zero-order valence-corrected chi connectivity index (χ0v) is 20.6. The molecule has 2 aromatic carbocycles. The Kier molecular flexibility index (Phi) is 6.05. The first-order valence-electron chi connectivity index (χ1n) is 12.2. The molecule has 5 aromatic rings. The number of aromatic nitrogens is 1. The predicted molar refractivity (Wildman–Crippen MR) is 142 cm³/mol. The molecule has 182 valence electrons. The van der Waals surface area contributed by atoms with E-state index in [1.54, 1.807) is 12.3 Å². The van der Waals surface area contributed by atoms with Gasteiger partial charge >= 0.3 is 0 Å². The number of furan rings is 1. The predicted octanol–water partition coefficient (Wildman–Crippen LogP) is 5.46. The molecule has 2 N–H and O–H groups in total. The van der Waals surface area contributed by atoms with Crippen molar-refractivity contribution in [1.29, 1.82) is 0 Å². The van der Waals surface area contributed by atoms with E-state index in [9.17, 15) is 9.90 Å². The van der Waals surface area contributed by atoms with Gasteiger partial charge in [-0.15, -0.1) is 11.3 Å². The average molecular weight is 498 g/mol. The zero-order chi connectivity index (χ0) is 24.5. The standard InChI is InChI=1S/C29H27N3O3S/c33-28(31-18-23-6-3-4-12-30-23)26-17-21-15-22(8-9-25(21)35-26)29(34)10-13-32(14-11-29)19-24-16-20-5-1-2-7-27(20)36-24/h1-9,12,15-17,34H,10-11,13-14,18-19H2,(H,31,33). The van der Waals surface area contributed by atoms with E-state index in [1.807, 2.05) is 47.7 Å². The van der Waals surface area contributed by atoms with Gasteiger partial charge in [0.05, 0.1) is 17.8 Å². The van der Waals surface area contributed by atoms with Crippen LogP contribution < -0.4 is 5.32 Å². The summed E-state index contributed by atoms with van der Waals surface area (Å²) in [5.41, 5.74) is 1.40. The zero-order valence-electron chi connectivity index (χ0n) is 19.8. The van der Waals surface area contributed by atoms with Crippen LogP contribution in [0.1, 0.15) is 39.5 Å². The van der Waals surface area contributed by atoms with Crippen LogP contribution in [0.5, 0.6) is 0 Å². The largest absolute Gasteiger partial charge is 0.451 e. The number of benzene rings is 2. The normalized spacial score (nSPS) is 15.9. The molecule has 1 saturated heterocycles. The van der Waals surface area contributed by atoms with Crippen molar-refractivity contribution in [2.75, 3.05) is 13.1 Å². The molecule has 6 rings (SSSR count). The molecule has 0 radical (unpaired) electrons. The smallest absolute Gasteiger partial charge is 0.287 e. The molecule has 1 aliphatic rings. The second-order valence-corrected chi connectivity index (χ2v) is 10.6. The van der Waals surface area contributed by atoms with Crippen LogP contribution in [0.15, 0.2) is 83.4 Å². The minimum atomic E-state index is -0.885. The molecule has 7 heteroatoms. The minimum Gasteiger partial charge on any atom is -0.451 e. The third-order valence-electron chi connectivity index (χ3n) is 6.97. The monoisotopic (exact) mass is 497 g/mol. The quantitative estimate of drug-likeness (QED) is 0.326. The van der Waals surface area contributed by atoms with Gasteiger partial charge in [-0.2, -0.15) is 0 Å². The third kappa shape index (κ3) is 4.65. The van der Waals surface area contributed by atoms with E-state index in [0.29, 0.717) is 25.0 Å². The SMILES string of the molecule is O=C(NCc1ccccn1)c1cc2cc(C3(O)CCN(Cc4cc5ccccc5s4)CC3)ccc2o1. The van der Waals surface area contributed by atoms with Crippen LogP contribution >= 0.6 is 11.3 Å². The van der Waals surface area contributed by atoms with Crippen LogP contribution in [0, 0.1) is 0 Å². The van der Waals surface area contributed by atoms with E-state index in [2.05, 4.69) is 45.5 Å². The first-order valence-corrected chi connectivity index (χ1v) is 13.0. The maximum Gasteiger partial charge on any atom is 0.287 e. The van der Waals surface area contributed by atoms with Crippen molar-refractivity contribution in [3.8, 4) is 0 Å². The summed E-state index contributed by atoms with van der Waals surface area (Å²) in [5.74, 6) is -0.0325. The number of likely N-dealkylation sites (tertiary alicyclic amines) is 1. The summed E-state index contributed by atoms with van der Waals surface area (Å²) in [5, 5.41) is 16.4. The Morgan fingerprint density at radius 3 is 2.67 bits per heavy atom. The van der Waals surface area contributed by atoms with Crippen LogP contribution in [0.2, 0.25) is 0 Å². The highest BCUT2D eigenvalue weighted by molar-refractivity contribution is 7.19. The lowest BCUT2D eigenvalue weighted by molar-refractivity contribution is -0.0274. The summed E-state index contributed by atoms with van der Waals surface area (Å²) in [6, 6.07) is 23.8. The number of hydrogen-bond acceptors (Lipinski definition) is 6. The summed E-state index contributed by atoms with van der Waals surface area (Å²) < 4.78 is 7.10. The van der Waals surface area contributed by atoms with E-state index in [0.717, 1.165) is 36.3 Å². The molecule has 1 aliphatic heterocycles. The molecular formula is C29H27N3O3S. The molecule has 1 amide bonds. The van der Waals surface area contributed by atoms with Gasteiger partial charge < -0.3 is 14.8 Å². The number of pyridine rings is 1. The van der Waals surface area contributed by atoms with E-state index in [1.165, 1.54) is 15.0 Å². The van der Waals surface area contributed by atoms with E-state index < -0.39 is 5.60 Å². The van der Waals surface area contributed by atoms with Crippen molar-refractivity contribution in [2.24, 2.45) is 0 Å². The number of aliphatic hydroxyl groups is 1. The molecule has 0 bridgehead atoms. The van der Waals surface area contributed by atoms with Gasteiger partial charge in [-0.3, -0.25) is 14.7 Å². The van der Waals surface area contributed by atoms with Crippen LogP contribution in [-0.4, -0.2) is 34.0 Å². The number of nitrogens with zero attached hydrogens (tertiary/aromatic N) is 2. The molecule has 4 heterocycles. The fourth-order valence-corrected chi connectivity index (χ4v) is 6.02. The number of rotatable bonds is 6. The molecule has 6 nitrogen and oxygen atoms in total. The Hall–Kier alpha value is -3.52. The van der Waals surface area contributed by atoms with Crippen molar-refractivity contribution in [1.82, 2.24) is 15.2 Å². The Morgan fingerprint density at radius 1 is 1.03 bits per heavy atom. The second-order valence-electron chi connectivity index (χ2n) is 9.43. The first kappa shape index (κ1) is 22.9. The highest BCUT2D eigenvalue weighted by Gasteiger charge is 2.34. The molecule has 0 spiro atoms. The van der Waals surface area contributed by atoms with Gasteiger partial charge in [0.15, 0.2) is 5.76 Å². The van der Waals surface area contributed by atoms with Crippen LogP contribution in [-0.2, 0) is 18.7 Å². The summed E-state index contributed by atoms with van der Waals surface area (Å²) in [6.45, 7) is 2.90. The lowest BCUT2D eigenvalue weighted by Gasteiger charge is -2.38. The van der Waals surface area contributed by atoms with Gasteiger partial charge in [0, 0.05) is 40.8 Å². The van der Waals surface area contributed by atoms with Gasteiger partial charge in [-0.1, -0.05) is 30.3 Å². The average Bonchev–Trinajstić information content (AvgIpc) is 3.52. The molecule has 36 heavy (non-hydrogen) atoms. The highest BCUT2D eigenvalue weighted by atomic mass is 32.1. The molecule has 0 atom stereocenters. The molecule has 1 fully saturated rings. The van der Waals surface area contributed by atoms with Gasteiger partial charge in [0.1, 0.15) is 5.58 Å². The highest BCUT2D eigenvalue weighted by Crippen LogP contribution is 2.36.